The highest BCUT2D eigenvalue weighted by molar-refractivity contribution is 8.01. The van der Waals surface area contributed by atoms with E-state index in [1.54, 1.807) is 23.5 Å². The summed E-state index contributed by atoms with van der Waals surface area (Å²) in [6.45, 7) is 0.624. The summed E-state index contributed by atoms with van der Waals surface area (Å²) < 4.78 is 0. The summed E-state index contributed by atoms with van der Waals surface area (Å²) in [5, 5.41) is 62.5. The SMILES string of the molecule is OCCSCC(O)CSCC(O)CSCCO.OCCSCC(O)CSCCO. The van der Waals surface area contributed by atoms with Gasteiger partial charge in [-0.15, -0.1) is 0 Å². The van der Waals surface area contributed by atoms with E-state index in [2.05, 4.69) is 0 Å². The zero-order valence-electron chi connectivity index (χ0n) is 16.8. The Morgan fingerprint density at radius 3 is 0.793 bits per heavy atom. The molecule has 0 aromatic rings. The Morgan fingerprint density at radius 1 is 0.379 bits per heavy atom. The molecule has 12 heteroatoms. The molecule has 0 aliphatic heterocycles. The minimum atomic E-state index is -0.381. The van der Waals surface area contributed by atoms with Crippen LogP contribution in [0.2, 0.25) is 0 Å². The van der Waals surface area contributed by atoms with E-state index >= 15 is 0 Å². The van der Waals surface area contributed by atoms with Gasteiger partial charge in [-0.2, -0.15) is 58.8 Å². The molecule has 2 atom stereocenters. The molecule has 0 amide bonds. The van der Waals surface area contributed by atoms with E-state index in [-0.39, 0.29) is 44.7 Å². The van der Waals surface area contributed by atoms with Crippen LogP contribution in [0.5, 0.6) is 0 Å². The molecule has 29 heavy (non-hydrogen) atoms. The third-order valence-corrected chi connectivity index (χ3v) is 8.41. The lowest BCUT2D eigenvalue weighted by Crippen LogP contribution is -2.18. The molecule has 0 saturated heterocycles. The topological polar surface area (TPSA) is 142 Å². The third-order valence-electron chi connectivity index (χ3n) is 2.80. The van der Waals surface area contributed by atoms with Crippen LogP contribution in [-0.2, 0) is 0 Å². The fraction of sp³-hybridized carbons (Fsp3) is 1.00. The Hall–Kier alpha value is 1.47. The first kappa shape index (κ1) is 32.6. The van der Waals surface area contributed by atoms with Crippen LogP contribution < -0.4 is 0 Å². The van der Waals surface area contributed by atoms with Crippen LogP contribution in [0.15, 0.2) is 0 Å². The molecular weight excluding hydrogens is 477 g/mol. The van der Waals surface area contributed by atoms with Gasteiger partial charge in [-0.25, -0.2) is 0 Å². The van der Waals surface area contributed by atoms with Crippen LogP contribution in [0, 0.1) is 0 Å². The molecule has 7 nitrogen and oxygen atoms in total. The van der Waals surface area contributed by atoms with Gasteiger partial charge in [0, 0.05) is 57.5 Å². The minimum absolute atomic E-state index is 0.144. The Kier molecular flexibility index (Phi) is 31.0. The highest BCUT2D eigenvalue weighted by Gasteiger charge is 2.08. The second-order valence-corrected chi connectivity index (χ2v) is 11.4. The normalized spacial score (nSPS) is 13.2. The molecule has 0 heterocycles. The van der Waals surface area contributed by atoms with Crippen LogP contribution >= 0.6 is 58.8 Å². The highest BCUT2D eigenvalue weighted by Crippen LogP contribution is 2.12. The van der Waals surface area contributed by atoms with Gasteiger partial charge in [-0.1, -0.05) is 0 Å². The van der Waals surface area contributed by atoms with Gasteiger partial charge in [0.05, 0.1) is 44.7 Å². The van der Waals surface area contributed by atoms with E-state index in [1.807, 2.05) is 0 Å². The standard InChI is InChI=1S/C10H22O4S3.C7H16O3S2/c11-1-3-15-5-9(13)7-17-8-10(14)6-16-4-2-12;8-1-3-11-5-7(10)6-12-4-2-9/h9-14H,1-8H2;7-10H,1-6H2. The van der Waals surface area contributed by atoms with Gasteiger partial charge in [0.25, 0.3) is 0 Å². The number of hydrogen-bond acceptors (Lipinski definition) is 12. The molecule has 0 fully saturated rings. The summed E-state index contributed by atoms with van der Waals surface area (Å²) in [5.41, 5.74) is 0. The quantitative estimate of drug-likeness (QED) is 0.107. The first-order valence-electron chi connectivity index (χ1n) is 9.38. The maximum absolute atomic E-state index is 9.56. The van der Waals surface area contributed by atoms with Crippen molar-refractivity contribution in [3.8, 4) is 0 Å². The molecule has 7 N–H and O–H groups in total. The van der Waals surface area contributed by atoms with Crippen molar-refractivity contribution in [1.29, 1.82) is 0 Å². The molecular formula is C17H38O7S5. The van der Waals surface area contributed by atoms with Crippen LogP contribution in [0.3, 0.4) is 0 Å². The van der Waals surface area contributed by atoms with Gasteiger partial charge in [0.2, 0.25) is 0 Å². The van der Waals surface area contributed by atoms with Crippen molar-refractivity contribution in [3.05, 3.63) is 0 Å². The van der Waals surface area contributed by atoms with Crippen molar-refractivity contribution < 1.29 is 35.7 Å². The first-order valence-corrected chi connectivity index (χ1v) is 15.1. The Balaban J connectivity index is 0. The van der Waals surface area contributed by atoms with Gasteiger partial charge in [-0.3, -0.25) is 0 Å². The molecule has 178 valence electrons. The Morgan fingerprint density at radius 2 is 0.586 bits per heavy atom. The molecule has 2 unspecified atom stereocenters. The smallest absolute Gasteiger partial charge is 0.0720 e. The van der Waals surface area contributed by atoms with Gasteiger partial charge in [-0.05, 0) is 0 Å². The second kappa shape index (κ2) is 27.5. The first-order chi connectivity index (χ1) is 14.0. The van der Waals surface area contributed by atoms with Crippen LogP contribution in [0.1, 0.15) is 0 Å². The van der Waals surface area contributed by atoms with E-state index in [4.69, 9.17) is 20.4 Å². The van der Waals surface area contributed by atoms with Crippen LogP contribution in [0.4, 0.5) is 0 Å². The molecule has 0 bridgehead atoms. The second-order valence-electron chi connectivity index (χ2n) is 5.69. The van der Waals surface area contributed by atoms with Crippen molar-refractivity contribution in [2.24, 2.45) is 0 Å². The maximum atomic E-state index is 9.56. The largest absolute Gasteiger partial charge is 0.396 e. The lowest BCUT2D eigenvalue weighted by atomic mass is 10.5. The molecule has 0 aromatic carbocycles. The lowest BCUT2D eigenvalue weighted by Gasteiger charge is -2.12. The summed E-state index contributed by atoms with van der Waals surface area (Å²) in [4.78, 5) is 0. The monoisotopic (exact) mass is 514 g/mol. The van der Waals surface area contributed by atoms with Gasteiger partial charge in [0.15, 0.2) is 0 Å². The Labute approximate surface area is 196 Å². The molecule has 0 rings (SSSR count). The molecule has 0 saturated carbocycles. The predicted molar refractivity (Wildman–Crippen MR) is 133 cm³/mol. The number of rotatable bonds is 20. The fourth-order valence-electron chi connectivity index (χ4n) is 1.62. The number of hydrogen-bond donors (Lipinski definition) is 7. The van der Waals surface area contributed by atoms with Gasteiger partial charge in [0.1, 0.15) is 0 Å². The summed E-state index contributed by atoms with van der Waals surface area (Å²) in [5.74, 6) is 6.48. The van der Waals surface area contributed by atoms with Crippen molar-refractivity contribution in [2.45, 2.75) is 18.3 Å². The number of aliphatic hydroxyl groups is 7. The van der Waals surface area contributed by atoms with Crippen molar-refractivity contribution in [3.63, 3.8) is 0 Å². The maximum Gasteiger partial charge on any atom is 0.0720 e. The molecule has 0 spiro atoms. The molecule has 0 aliphatic rings. The summed E-state index contributed by atoms with van der Waals surface area (Å²) >= 11 is 7.68. The lowest BCUT2D eigenvalue weighted by molar-refractivity contribution is 0.219. The van der Waals surface area contributed by atoms with E-state index in [0.717, 1.165) is 0 Å². The summed E-state index contributed by atoms with van der Waals surface area (Å²) in [7, 11) is 0. The van der Waals surface area contributed by atoms with Gasteiger partial charge >= 0.3 is 0 Å². The molecule has 0 aliphatic carbocycles. The van der Waals surface area contributed by atoms with Crippen LogP contribution in [-0.4, -0.2) is 138 Å². The fourth-order valence-corrected chi connectivity index (χ4v) is 5.73. The van der Waals surface area contributed by atoms with Gasteiger partial charge < -0.3 is 35.7 Å². The van der Waals surface area contributed by atoms with Crippen LogP contribution in [0.25, 0.3) is 0 Å². The summed E-state index contributed by atoms with van der Waals surface area (Å²) in [6.07, 6.45) is -1.08. The average molecular weight is 515 g/mol. The highest BCUT2D eigenvalue weighted by atomic mass is 32.2. The zero-order chi connectivity index (χ0) is 22.2. The predicted octanol–water partition coefficient (Wildman–Crippen LogP) is -0.309. The van der Waals surface area contributed by atoms with E-state index in [9.17, 15) is 15.3 Å². The number of aliphatic hydroxyl groups excluding tert-OH is 7. The summed E-state index contributed by atoms with van der Waals surface area (Å²) in [6, 6.07) is 0. The van der Waals surface area contributed by atoms with E-state index < -0.39 is 0 Å². The molecule has 0 radical (unpaired) electrons. The van der Waals surface area contributed by atoms with Crippen molar-refractivity contribution >= 4 is 58.8 Å². The van der Waals surface area contributed by atoms with Crippen molar-refractivity contribution in [2.75, 3.05) is 84.0 Å². The van der Waals surface area contributed by atoms with E-state index in [0.29, 0.717) is 57.5 Å². The average Bonchev–Trinajstić information content (AvgIpc) is 2.69. The Bertz CT molecular complexity index is 283. The zero-order valence-corrected chi connectivity index (χ0v) is 20.9. The van der Waals surface area contributed by atoms with E-state index in [1.165, 1.54) is 35.3 Å². The third kappa shape index (κ3) is 29.5. The minimum Gasteiger partial charge on any atom is -0.396 e. The van der Waals surface area contributed by atoms with Crippen molar-refractivity contribution in [1.82, 2.24) is 0 Å². The number of thioether (sulfide) groups is 5. The molecule has 0 aromatic heterocycles.